The van der Waals surface area contributed by atoms with Gasteiger partial charge in [0.05, 0.1) is 12.1 Å². The molecule has 4 nitrogen and oxygen atoms in total. The van der Waals surface area contributed by atoms with Crippen molar-refractivity contribution >= 4 is 23.2 Å². The summed E-state index contributed by atoms with van der Waals surface area (Å²) in [6, 6.07) is 5.04. The Kier molecular flexibility index (Phi) is 6.65. The Morgan fingerprint density at radius 2 is 2.05 bits per heavy atom. The fourth-order valence-electron chi connectivity index (χ4n) is 1.71. The van der Waals surface area contributed by atoms with Gasteiger partial charge in [0.15, 0.2) is 0 Å². The van der Waals surface area contributed by atoms with Gasteiger partial charge in [-0.3, -0.25) is 4.79 Å². The van der Waals surface area contributed by atoms with E-state index in [2.05, 4.69) is 24.5 Å². The highest BCUT2D eigenvalue weighted by Gasteiger charge is 2.12. The van der Waals surface area contributed by atoms with E-state index in [0.717, 1.165) is 12.1 Å². The molecule has 0 saturated heterocycles. The predicted molar refractivity (Wildman–Crippen MR) is 83.6 cm³/mol. The van der Waals surface area contributed by atoms with Gasteiger partial charge in [0.25, 0.3) is 0 Å². The molecule has 0 saturated carbocycles. The van der Waals surface area contributed by atoms with Crippen molar-refractivity contribution in [2.45, 2.75) is 33.2 Å². The summed E-state index contributed by atoms with van der Waals surface area (Å²) in [4.78, 5) is 11.9. The third-order valence-electron chi connectivity index (χ3n) is 2.95. The van der Waals surface area contributed by atoms with Crippen LogP contribution < -0.4 is 15.4 Å². The number of carbonyl (C=O) groups is 1. The molecule has 0 radical (unpaired) electrons. The molecule has 0 fully saturated rings. The van der Waals surface area contributed by atoms with Crippen LogP contribution in [-0.2, 0) is 4.79 Å². The highest BCUT2D eigenvalue weighted by atomic mass is 35.5. The summed E-state index contributed by atoms with van der Waals surface area (Å²) in [5, 5.41) is 6.55. The van der Waals surface area contributed by atoms with Crippen LogP contribution in [0.25, 0.3) is 0 Å². The average molecular weight is 299 g/mol. The largest absolute Gasteiger partial charge is 0.495 e. The quantitative estimate of drug-likeness (QED) is 0.812. The van der Waals surface area contributed by atoms with Crippen LogP contribution in [0.1, 0.15) is 27.2 Å². The second kappa shape index (κ2) is 8.00. The first-order valence-electron chi connectivity index (χ1n) is 6.81. The van der Waals surface area contributed by atoms with Crippen LogP contribution in [-0.4, -0.2) is 25.6 Å². The summed E-state index contributed by atoms with van der Waals surface area (Å²) in [5.41, 5.74) is 0.794. The van der Waals surface area contributed by atoms with E-state index in [4.69, 9.17) is 16.3 Å². The highest BCUT2D eigenvalue weighted by molar-refractivity contribution is 6.32. The zero-order chi connectivity index (χ0) is 15.1. The number of amides is 1. The Balaban J connectivity index is 2.50. The van der Waals surface area contributed by atoms with Crippen LogP contribution in [0, 0.1) is 5.92 Å². The SMILES string of the molecule is COc1ccc(NC(C)C(=O)NCCC(C)C)cc1Cl. The lowest BCUT2D eigenvalue weighted by molar-refractivity contribution is -0.121. The first-order chi connectivity index (χ1) is 9.43. The van der Waals surface area contributed by atoms with E-state index in [1.807, 2.05) is 13.0 Å². The van der Waals surface area contributed by atoms with Gasteiger partial charge >= 0.3 is 0 Å². The van der Waals surface area contributed by atoms with E-state index in [-0.39, 0.29) is 11.9 Å². The number of nitrogens with one attached hydrogen (secondary N) is 2. The molecule has 1 aromatic rings. The van der Waals surface area contributed by atoms with Crippen LogP contribution in [0.4, 0.5) is 5.69 Å². The maximum absolute atomic E-state index is 11.9. The second-order valence-corrected chi connectivity index (χ2v) is 5.60. The van der Waals surface area contributed by atoms with Gasteiger partial charge in [0.2, 0.25) is 5.91 Å². The Bertz CT molecular complexity index is 449. The van der Waals surface area contributed by atoms with E-state index < -0.39 is 0 Å². The van der Waals surface area contributed by atoms with Gasteiger partial charge in [0.1, 0.15) is 11.8 Å². The zero-order valence-electron chi connectivity index (χ0n) is 12.5. The maximum Gasteiger partial charge on any atom is 0.242 e. The van der Waals surface area contributed by atoms with Gasteiger partial charge in [-0.25, -0.2) is 0 Å². The van der Waals surface area contributed by atoms with Gasteiger partial charge in [-0.15, -0.1) is 0 Å². The van der Waals surface area contributed by atoms with Gasteiger partial charge in [-0.05, 0) is 37.5 Å². The lowest BCUT2D eigenvalue weighted by atomic mass is 10.1. The average Bonchev–Trinajstić information content (AvgIpc) is 2.38. The number of carbonyl (C=O) groups excluding carboxylic acids is 1. The van der Waals surface area contributed by atoms with E-state index in [9.17, 15) is 4.79 Å². The summed E-state index contributed by atoms with van der Waals surface area (Å²) in [6.45, 7) is 6.79. The molecule has 0 spiro atoms. The Morgan fingerprint density at radius 1 is 1.35 bits per heavy atom. The van der Waals surface area contributed by atoms with Crippen molar-refractivity contribution in [3.8, 4) is 5.75 Å². The molecule has 1 rings (SSSR count). The van der Waals surface area contributed by atoms with Crippen LogP contribution in [0.2, 0.25) is 5.02 Å². The van der Waals surface area contributed by atoms with Crippen molar-refractivity contribution in [3.63, 3.8) is 0 Å². The number of benzene rings is 1. The number of methoxy groups -OCH3 is 1. The monoisotopic (exact) mass is 298 g/mol. The maximum atomic E-state index is 11.9. The van der Waals surface area contributed by atoms with Crippen molar-refractivity contribution in [1.29, 1.82) is 0 Å². The third-order valence-corrected chi connectivity index (χ3v) is 3.24. The first-order valence-corrected chi connectivity index (χ1v) is 7.19. The molecule has 1 amide bonds. The number of rotatable bonds is 7. The Morgan fingerprint density at radius 3 is 2.60 bits per heavy atom. The summed E-state index contributed by atoms with van der Waals surface area (Å²) in [7, 11) is 1.57. The van der Waals surface area contributed by atoms with Crippen molar-refractivity contribution in [2.24, 2.45) is 5.92 Å². The van der Waals surface area contributed by atoms with Crippen LogP contribution in [0.15, 0.2) is 18.2 Å². The zero-order valence-corrected chi connectivity index (χ0v) is 13.3. The van der Waals surface area contributed by atoms with E-state index >= 15 is 0 Å². The number of hydrogen-bond acceptors (Lipinski definition) is 3. The predicted octanol–water partition coefficient (Wildman–Crippen LogP) is 3.31. The Hall–Kier alpha value is -1.42. The minimum absolute atomic E-state index is 0.0161. The number of ether oxygens (including phenoxy) is 1. The van der Waals surface area contributed by atoms with Gasteiger partial charge in [0, 0.05) is 12.2 Å². The van der Waals surface area contributed by atoms with E-state index in [1.165, 1.54) is 0 Å². The van der Waals surface area contributed by atoms with Crippen LogP contribution in [0.3, 0.4) is 0 Å². The molecule has 0 aliphatic carbocycles. The van der Waals surface area contributed by atoms with E-state index in [1.54, 1.807) is 19.2 Å². The summed E-state index contributed by atoms with van der Waals surface area (Å²) >= 11 is 6.05. The van der Waals surface area contributed by atoms with Crippen LogP contribution >= 0.6 is 11.6 Å². The molecule has 5 heteroatoms. The molecule has 0 heterocycles. The molecule has 1 atom stereocenters. The normalized spacial score (nSPS) is 12.1. The Labute approximate surface area is 125 Å². The minimum Gasteiger partial charge on any atom is -0.495 e. The molecule has 2 N–H and O–H groups in total. The number of halogens is 1. The molecular weight excluding hydrogens is 276 g/mol. The topological polar surface area (TPSA) is 50.4 Å². The van der Waals surface area contributed by atoms with Crippen LogP contribution in [0.5, 0.6) is 5.75 Å². The molecule has 1 aromatic carbocycles. The van der Waals surface area contributed by atoms with Gasteiger partial charge in [-0.2, -0.15) is 0 Å². The van der Waals surface area contributed by atoms with Gasteiger partial charge in [-0.1, -0.05) is 25.4 Å². The third kappa shape index (κ3) is 5.29. The first kappa shape index (κ1) is 16.6. The molecular formula is C15H23ClN2O2. The lowest BCUT2D eigenvalue weighted by Gasteiger charge is -2.16. The van der Waals surface area contributed by atoms with Crippen molar-refractivity contribution in [3.05, 3.63) is 23.2 Å². The fraction of sp³-hybridized carbons (Fsp3) is 0.533. The molecule has 0 aliphatic rings. The fourth-order valence-corrected chi connectivity index (χ4v) is 1.97. The summed E-state index contributed by atoms with van der Waals surface area (Å²) < 4.78 is 5.09. The minimum atomic E-state index is -0.313. The molecule has 112 valence electrons. The number of anilines is 1. The van der Waals surface area contributed by atoms with E-state index in [0.29, 0.717) is 23.2 Å². The summed E-state index contributed by atoms with van der Waals surface area (Å²) in [6.07, 6.45) is 0.979. The smallest absolute Gasteiger partial charge is 0.242 e. The van der Waals surface area contributed by atoms with Crippen molar-refractivity contribution in [1.82, 2.24) is 5.32 Å². The molecule has 0 aliphatic heterocycles. The lowest BCUT2D eigenvalue weighted by Crippen LogP contribution is -2.38. The standard InChI is InChI=1S/C15H23ClN2O2/c1-10(2)7-8-17-15(19)11(3)18-12-5-6-14(20-4)13(16)9-12/h5-6,9-11,18H,7-8H2,1-4H3,(H,17,19). The molecule has 20 heavy (non-hydrogen) atoms. The highest BCUT2D eigenvalue weighted by Crippen LogP contribution is 2.27. The van der Waals surface area contributed by atoms with Crippen molar-refractivity contribution < 1.29 is 9.53 Å². The number of hydrogen-bond donors (Lipinski definition) is 2. The summed E-state index contributed by atoms with van der Waals surface area (Å²) in [5.74, 6) is 1.18. The van der Waals surface area contributed by atoms with Crippen molar-refractivity contribution in [2.75, 3.05) is 19.0 Å². The molecule has 1 unspecified atom stereocenters. The second-order valence-electron chi connectivity index (χ2n) is 5.19. The molecule has 0 bridgehead atoms. The van der Waals surface area contributed by atoms with Gasteiger partial charge < -0.3 is 15.4 Å². The molecule has 0 aromatic heterocycles.